The van der Waals surface area contributed by atoms with Crippen molar-refractivity contribution in [2.45, 2.75) is 38.6 Å². The standard InChI is InChI=1S/C17H20ClN3/c1-10(14-9-11-6-7-12(14)8-11)19-16-13-4-2-3-5-15(13)20-17(18)21-16/h2-5,10-12,14H,6-9H2,1H3,(H,19,20,21). The van der Waals surface area contributed by atoms with Crippen LogP contribution in [0.1, 0.15) is 32.6 Å². The molecule has 4 atom stereocenters. The zero-order valence-electron chi connectivity index (χ0n) is 12.2. The summed E-state index contributed by atoms with van der Waals surface area (Å²) in [6, 6.07) is 8.48. The molecule has 1 aromatic carbocycles. The van der Waals surface area contributed by atoms with E-state index >= 15 is 0 Å². The van der Waals surface area contributed by atoms with E-state index in [2.05, 4.69) is 28.3 Å². The van der Waals surface area contributed by atoms with Crippen LogP contribution in [-0.2, 0) is 0 Å². The molecule has 21 heavy (non-hydrogen) atoms. The van der Waals surface area contributed by atoms with E-state index in [0.29, 0.717) is 11.3 Å². The maximum Gasteiger partial charge on any atom is 0.224 e. The zero-order chi connectivity index (χ0) is 14.4. The molecule has 110 valence electrons. The zero-order valence-corrected chi connectivity index (χ0v) is 13.0. The molecular formula is C17H20ClN3. The van der Waals surface area contributed by atoms with Crippen molar-refractivity contribution in [2.75, 3.05) is 5.32 Å². The van der Waals surface area contributed by atoms with Crippen LogP contribution in [-0.4, -0.2) is 16.0 Å². The molecule has 1 heterocycles. The minimum absolute atomic E-state index is 0.316. The van der Waals surface area contributed by atoms with E-state index in [1.807, 2.05) is 18.2 Å². The Kier molecular flexibility index (Phi) is 3.26. The predicted octanol–water partition coefficient (Wildman–Crippen LogP) is 4.52. The van der Waals surface area contributed by atoms with E-state index in [1.165, 1.54) is 25.7 Å². The number of fused-ring (bicyclic) bond motifs is 3. The number of para-hydroxylation sites is 1. The highest BCUT2D eigenvalue weighted by atomic mass is 35.5. The molecule has 2 aliphatic rings. The summed E-state index contributed by atoms with van der Waals surface area (Å²) in [7, 11) is 0. The normalized spacial score (nSPS) is 29.0. The number of aromatic nitrogens is 2. The SMILES string of the molecule is CC(Nc1nc(Cl)nc2ccccc12)C1CC2CCC1C2. The van der Waals surface area contributed by atoms with Gasteiger partial charge in [0.15, 0.2) is 0 Å². The van der Waals surface area contributed by atoms with Gasteiger partial charge in [0, 0.05) is 11.4 Å². The van der Waals surface area contributed by atoms with Crippen LogP contribution in [0, 0.1) is 17.8 Å². The quantitative estimate of drug-likeness (QED) is 0.847. The van der Waals surface area contributed by atoms with Crippen LogP contribution in [0.2, 0.25) is 5.28 Å². The van der Waals surface area contributed by atoms with Gasteiger partial charge in [-0.3, -0.25) is 0 Å². The van der Waals surface area contributed by atoms with Crippen LogP contribution in [0.3, 0.4) is 0 Å². The maximum atomic E-state index is 6.07. The van der Waals surface area contributed by atoms with E-state index in [-0.39, 0.29) is 0 Å². The average Bonchev–Trinajstić information content (AvgIpc) is 3.09. The van der Waals surface area contributed by atoms with Crippen LogP contribution in [0.4, 0.5) is 5.82 Å². The topological polar surface area (TPSA) is 37.8 Å². The Labute approximate surface area is 130 Å². The maximum absolute atomic E-state index is 6.07. The summed E-state index contributed by atoms with van der Waals surface area (Å²) < 4.78 is 0. The molecule has 0 spiro atoms. The van der Waals surface area contributed by atoms with Gasteiger partial charge in [0.05, 0.1) is 5.52 Å². The lowest BCUT2D eigenvalue weighted by molar-refractivity contribution is 0.304. The molecule has 2 aromatic rings. The highest BCUT2D eigenvalue weighted by Crippen LogP contribution is 2.49. The van der Waals surface area contributed by atoms with Crippen LogP contribution in [0.15, 0.2) is 24.3 Å². The minimum atomic E-state index is 0.316. The Bertz CT molecular complexity index is 672. The molecule has 2 aliphatic carbocycles. The fraction of sp³-hybridized carbons (Fsp3) is 0.529. The molecule has 2 fully saturated rings. The third-order valence-corrected chi connectivity index (χ3v) is 5.54. The number of benzene rings is 1. The molecule has 4 unspecified atom stereocenters. The van der Waals surface area contributed by atoms with Crippen molar-refractivity contribution in [1.29, 1.82) is 0 Å². The molecule has 2 saturated carbocycles. The molecule has 3 nitrogen and oxygen atoms in total. The van der Waals surface area contributed by atoms with Crippen molar-refractivity contribution in [3.63, 3.8) is 0 Å². The Morgan fingerprint density at radius 1 is 1.19 bits per heavy atom. The van der Waals surface area contributed by atoms with Crippen LogP contribution in [0.5, 0.6) is 0 Å². The second kappa shape index (κ2) is 5.13. The van der Waals surface area contributed by atoms with Gasteiger partial charge in [0.1, 0.15) is 5.82 Å². The first-order valence-electron chi connectivity index (χ1n) is 7.89. The van der Waals surface area contributed by atoms with Gasteiger partial charge in [-0.2, -0.15) is 0 Å². The molecule has 0 amide bonds. The lowest BCUT2D eigenvalue weighted by Crippen LogP contribution is -2.30. The molecule has 4 heteroatoms. The van der Waals surface area contributed by atoms with E-state index in [0.717, 1.165) is 34.5 Å². The van der Waals surface area contributed by atoms with Crippen molar-refractivity contribution in [3.05, 3.63) is 29.5 Å². The highest BCUT2D eigenvalue weighted by molar-refractivity contribution is 6.28. The Balaban J connectivity index is 1.62. The largest absolute Gasteiger partial charge is 0.367 e. The van der Waals surface area contributed by atoms with Gasteiger partial charge < -0.3 is 5.32 Å². The lowest BCUT2D eigenvalue weighted by Gasteiger charge is -2.29. The average molecular weight is 302 g/mol. The number of nitrogens with zero attached hydrogens (tertiary/aromatic N) is 2. The molecule has 0 radical (unpaired) electrons. The van der Waals surface area contributed by atoms with Gasteiger partial charge >= 0.3 is 0 Å². The fourth-order valence-electron chi connectivity index (χ4n) is 4.39. The Morgan fingerprint density at radius 3 is 2.81 bits per heavy atom. The van der Waals surface area contributed by atoms with Gasteiger partial charge in [0.2, 0.25) is 5.28 Å². The first kappa shape index (κ1) is 13.3. The van der Waals surface area contributed by atoms with Gasteiger partial charge in [-0.25, -0.2) is 9.97 Å². The van der Waals surface area contributed by atoms with Crippen LogP contribution >= 0.6 is 11.6 Å². The number of anilines is 1. The lowest BCUT2D eigenvalue weighted by atomic mass is 9.84. The van der Waals surface area contributed by atoms with E-state index in [1.54, 1.807) is 0 Å². The van der Waals surface area contributed by atoms with Gasteiger partial charge in [0.25, 0.3) is 0 Å². The van der Waals surface area contributed by atoms with Crippen LogP contribution in [0.25, 0.3) is 10.9 Å². The Hall–Kier alpha value is -1.35. The first-order valence-corrected chi connectivity index (χ1v) is 8.27. The summed E-state index contributed by atoms with van der Waals surface area (Å²) in [6.07, 6.45) is 5.65. The number of hydrogen-bond donors (Lipinski definition) is 1. The fourth-order valence-corrected chi connectivity index (χ4v) is 4.56. The second-order valence-corrected chi connectivity index (χ2v) is 6.97. The van der Waals surface area contributed by atoms with Crippen LogP contribution < -0.4 is 5.32 Å². The number of hydrogen-bond acceptors (Lipinski definition) is 3. The summed E-state index contributed by atoms with van der Waals surface area (Å²) in [5.74, 6) is 3.52. The molecular weight excluding hydrogens is 282 g/mol. The van der Waals surface area contributed by atoms with Gasteiger partial charge in [-0.1, -0.05) is 18.6 Å². The molecule has 4 rings (SSSR count). The highest BCUT2D eigenvalue weighted by Gasteiger charge is 2.41. The smallest absolute Gasteiger partial charge is 0.224 e. The van der Waals surface area contributed by atoms with Crippen molar-refractivity contribution in [2.24, 2.45) is 17.8 Å². The van der Waals surface area contributed by atoms with E-state index in [9.17, 15) is 0 Å². The third-order valence-electron chi connectivity index (χ3n) is 5.38. The van der Waals surface area contributed by atoms with E-state index in [4.69, 9.17) is 11.6 Å². The summed E-state index contributed by atoms with van der Waals surface area (Å²) in [6.45, 7) is 2.29. The van der Waals surface area contributed by atoms with Crippen molar-refractivity contribution >= 4 is 28.3 Å². The monoisotopic (exact) mass is 301 g/mol. The summed E-state index contributed by atoms with van der Waals surface area (Å²) in [4.78, 5) is 8.71. The molecule has 2 bridgehead atoms. The number of rotatable bonds is 3. The van der Waals surface area contributed by atoms with Crippen molar-refractivity contribution in [1.82, 2.24) is 9.97 Å². The molecule has 0 aliphatic heterocycles. The predicted molar refractivity (Wildman–Crippen MR) is 86.6 cm³/mol. The van der Waals surface area contributed by atoms with Crippen molar-refractivity contribution < 1.29 is 0 Å². The number of nitrogens with one attached hydrogen (secondary N) is 1. The summed E-state index contributed by atoms with van der Waals surface area (Å²) in [5, 5.41) is 4.99. The first-order chi connectivity index (χ1) is 10.2. The van der Waals surface area contributed by atoms with Gasteiger partial charge in [-0.15, -0.1) is 0 Å². The minimum Gasteiger partial charge on any atom is -0.367 e. The molecule has 1 aromatic heterocycles. The molecule has 0 saturated heterocycles. The summed E-state index contributed by atoms with van der Waals surface area (Å²) >= 11 is 6.07. The third kappa shape index (κ3) is 2.38. The van der Waals surface area contributed by atoms with Crippen molar-refractivity contribution in [3.8, 4) is 0 Å². The Morgan fingerprint density at radius 2 is 2.05 bits per heavy atom. The van der Waals surface area contributed by atoms with E-state index < -0.39 is 0 Å². The van der Waals surface area contributed by atoms with Gasteiger partial charge in [-0.05, 0) is 67.7 Å². The summed E-state index contributed by atoms with van der Waals surface area (Å²) in [5.41, 5.74) is 0.903. The molecule has 1 N–H and O–H groups in total. The number of halogens is 1. The second-order valence-electron chi connectivity index (χ2n) is 6.63.